The molecular weight excluding hydrogens is 364 g/mol. The number of aryl methyl sites for hydroxylation is 2. The van der Waals surface area contributed by atoms with Crippen molar-refractivity contribution < 1.29 is 9.53 Å². The third-order valence-corrected chi connectivity index (χ3v) is 4.37. The molecule has 0 bridgehead atoms. The molecule has 1 N–H and O–H groups in total. The number of aromatic nitrogens is 2. The van der Waals surface area contributed by atoms with Gasteiger partial charge in [-0.3, -0.25) is 4.79 Å². The summed E-state index contributed by atoms with van der Waals surface area (Å²) in [4.78, 5) is 23.7. The largest absolute Gasteiger partial charge is 0.494 e. The first-order valence-electron chi connectivity index (χ1n) is 9.74. The van der Waals surface area contributed by atoms with Crippen molar-refractivity contribution in [1.82, 2.24) is 9.97 Å². The Bertz CT molecular complexity index is 986. The topological polar surface area (TPSA) is 67.3 Å². The van der Waals surface area contributed by atoms with Gasteiger partial charge < -0.3 is 15.0 Å². The average Bonchev–Trinajstić information content (AvgIpc) is 2.70. The molecule has 6 heteroatoms. The third kappa shape index (κ3) is 5.10. The normalized spacial score (nSPS) is 10.5. The summed E-state index contributed by atoms with van der Waals surface area (Å²) in [5.41, 5.74) is 3.17. The van der Waals surface area contributed by atoms with Crippen LogP contribution in [0.25, 0.3) is 0 Å². The highest BCUT2D eigenvalue weighted by Gasteiger charge is 2.19. The predicted molar refractivity (Wildman–Crippen MR) is 116 cm³/mol. The van der Waals surface area contributed by atoms with E-state index in [2.05, 4.69) is 15.3 Å². The van der Waals surface area contributed by atoms with E-state index in [-0.39, 0.29) is 5.91 Å². The first-order valence-corrected chi connectivity index (χ1v) is 9.74. The van der Waals surface area contributed by atoms with Crippen molar-refractivity contribution in [1.29, 1.82) is 0 Å². The Kier molecular flexibility index (Phi) is 6.44. The lowest BCUT2D eigenvalue weighted by atomic mass is 10.2. The second-order valence-electron chi connectivity index (χ2n) is 6.66. The molecule has 0 saturated carbocycles. The molecule has 0 unspecified atom stereocenters. The fraction of sp³-hybridized carbons (Fsp3) is 0.261. The van der Waals surface area contributed by atoms with Gasteiger partial charge in [-0.1, -0.05) is 12.1 Å². The van der Waals surface area contributed by atoms with E-state index in [1.165, 1.54) is 0 Å². The van der Waals surface area contributed by atoms with Crippen LogP contribution in [0, 0.1) is 13.8 Å². The highest BCUT2D eigenvalue weighted by Crippen LogP contribution is 2.22. The SMILES string of the molecule is CCOc1ccc(Nc2cc(C(=O)N(CC)c3cccc(C)c3)nc(C)n2)cc1. The Labute approximate surface area is 171 Å². The Morgan fingerprint density at radius 3 is 2.45 bits per heavy atom. The fourth-order valence-corrected chi connectivity index (χ4v) is 3.07. The van der Waals surface area contributed by atoms with Gasteiger partial charge in [0.05, 0.1) is 6.61 Å². The minimum absolute atomic E-state index is 0.154. The van der Waals surface area contributed by atoms with Gasteiger partial charge >= 0.3 is 0 Å². The maximum atomic E-state index is 13.2. The minimum Gasteiger partial charge on any atom is -0.494 e. The first-order chi connectivity index (χ1) is 14.0. The van der Waals surface area contributed by atoms with Crippen LogP contribution in [-0.4, -0.2) is 29.0 Å². The van der Waals surface area contributed by atoms with Crippen LogP contribution in [0.4, 0.5) is 17.2 Å². The predicted octanol–water partition coefficient (Wildman–Crippen LogP) is 4.90. The van der Waals surface area contributed by atoms with Crippen LogP contribution in [-0.2, 0) is 0 Å². The van der Waals surface area contributed by atoms with Crippen molar-refractivity contribution in [3.8, 4) is 5.75 Å². The molecule has 2 aromatic carbocycles. The van der Waals surface area contributed by atoms with Crippen molar-refractivity contribution in [2.45, 2.75) is 27.7 Å². The molecule has 3 rings (SSSR count). The van der Waals surface area contributed by atoms with Gasteiger partial charge in [-0.05, 0) is 69.7 Å². The van der Waals surface area contributed by atoms with E-state index in [1.807, 2.05) is 69.3 Å². The zero-order chi connectivity index (χ0) is 20.8. The van der Waals surface area contributed by atoms with Crippen LogP contribution in [0.3, 0.4) is 0 Å². The number of carbonyl (C=O) groups is 1. The molecule has 0 saturated heterocycles. The summed E-state index contributed by atoms with van der Waals surface area (Å²) < 4.78 is 5.47. The molecule has 0 aliphatic carbocycles. The first kappa shape index (κ1) is 20.3. The van der Waals surface area contributed by atoms with E-state index in [1.54, 1.807) is 17.9 Å². The molecule has 6 nitrogen and oxygen atoms in total. The second-order valence-corrected chi connectivity index (χ2v) is 6.66. The van der Waals surface area contributed by atoms with Crippen LogP contribution in [0.15, 0.2) is 54.6 Å². The summed E-state index contributed by atoms with van der Waals surface area (Å²) in [6.45, 7) is 8.86. The van der Waals surface area contributed by atoms with Crippen LogP contribution in [0.2, 0.25) is 0 Å². The number of nitrogens with zero attached hydrogens (tertiary/aromatic N) is 3. The molecule has 150 valence electrons. The monoisotopic (exact) mass is 390 g/mol. The van der Waals surface area contributed by atoms with Crippen LogP contribution in [0.1, 0.15) is 35.7 Å². The molecule has 3 aromatic rings. The Morgan fingerprint density at radius 1 is 1.03 bits per heavy atom. The van der Waals surface area contributed by atoms with Gasteiger partial charge in [-0.15, -0.1) is 0 Å². The maximum Gasteiger partial charge on any atom is 0.277 e. The number of ether oxygens (including phenoxy) is 1. The zero-order valence-electron chi connectivity index (χ0n) is 17.3. The molecule has 0 radical (unpaired) electrons. The zero-order valence-corrected chi connectivity index (χ0v) is 17.3. The van der Waals surface area contributed by atoms with Gasteiger partial charge in [0.1, 0.15) is 23.1 Å². The van der Waals surface area contributed by atoms with Gasteiger partial charge in [-0.25, -0.2) is 9.97 Å². The van der Waals surface area contributed by atoms with E-state index in [0.29, 0.717) is 30.5 Å². The van der Waals surface area contributed by atoms with E-state index in [9.17, 15) is 4.79 Å². The maximum absolute atomic E-state index is 13.2. The molecule has 1 amide bonds. The fourth-order valence-electron chi connectivity index (χ4n) is 3.07. The van der Waals surface area contributed by atoms with Gasteiger partial charge in [0.15, 0.2) is 0 Å². The van der Waals surface area contributed by atoms with Gasteiger partial charge in [0.25, 0.3) is 5.91 Å². The second kappa shape index (κ2) is 9.19. The number of hydrogen-bond acceptors (Lipinski definition) is 5. The third-order valence-electron chi connectivity index (χ3n) is 4.37. The quantitative estimate of drug-likeness (QED) is 0.621. The number of benzene rings is 2. The number of hydrogen-bond donors (Lipinski definition) is 1. The van der Waals surface area contributed by atoms with E-state index in [4.69, 9.17) is 4.74 Å². The highest BCUT2D eigenvalue weighted by molar-refractivity contribution is 6.05. The summed E-state index contributed by atoms with van der Waals surface area (Å²) in [5.74, 6) is 1.76. The molecular formula is C23H26N4O2. The van der Waals surface area contributed by atoms with E-state index in [0.717, 1.165) is 22.7 Å². The lowest BCUT2D eigenvalue weighted by Gasteiger charge is -2.21. The highest BCUT2D eigenvalue weighted by atomic mass is 16.5. The molecule has 0 spiro atoms. The molecule has 29 heavy (non-hydrogen) atoms. The number of anilines is 3. The molecule has 1 heterocycles. The number of carbonyl (C=O) groups excluding carboxylic acids is 1. The number of nitrogens with one attached hydrogen (secondary N) is 1. The number of rotatable bonds is 7. The van der Waals surface area contributed by atoms with E-state index >= 15 is 0 Å². The van der Waals surface area contributed by atoms with Crippen LogP contribution >= 0.6 is 0 Å². The molecule has 0 atom stereocenters. The minimum atomic E-state index is -0.154. The summed E-state index contributed by atoms with van der Waals surface area (Å²) in [6.07, 6.45) is 0. The summed E-state index contributed by atoms with van der Waals surface area (Å²) in [7, 11) is 0. The Hall–Kier alpha value is -3.41. The van der Waals surface area contributed by atoms with Crippen LogP contribution in [0.5, 0.6) is 5.75 Å². The van der Waals surface area contributed by atoms with Gasteiger partial charge in [0.2, 0.25) is 0 Å². The summed E-state index contributed by atoms with van der Waals surface area (Å²) in [5, 5.41) is 3.24. The van der Waals surface area contributed by atoms with E-state index < -0.39 is 0 Å². The van der Waals surface area contributed by atoms with Gasteiger partial charge in [-0.2, -0.15) is 0 Å². The van der Waals surface area contributed by atoms with Crippen molar-refractivity contribution in [2.75, 3.05) is 23.4 Å². The standard InChI is InChI=1S/C23H26N4O2/c1-5-27(19-9-7-8-16(3)14-19)23(28)21-15-22(25-17(4)24-21)26-18-10-12-20(13-11-18)29-6-2/h7-15H,5-6H2,1-4H3,(H,24,25,26). The van der Waals surface area contributed by atoms with Crippen LogP contribution < -0.4 is 15.0 Å². The number of amides is 1. The Balaban J connectivity index is 1.84. The van der Waals surface area contributed by atoms with Crippen molar-refractivity contribution in [3.63, 3.8) is 0 Å². The lowest BCUT2D eigenvalue weighted by molar-refractivity contribution is 0.0983. The molecule has 0 fully saturated rings. The Morgan fingerprint density at radius 2 is 1.79 bits per heavy atom. The average molecular weight is 390 g/mol. The van der Waals surface area contributed by atoms with Crippen molar-refractivity contribution >= 4 is 23.1 Å². The molecule has 1 aromatic heterocycles. The summed E-state index contributed by atoms with van der Waals surface area (Å²) in [6, 6.07) is 17.2. The van der Waals surface area contributed by atoms with Gasteiger partial charge in [0, 0.05) is 24.0 Å². The smallest absolute Gasteiger partial charge is 0.277 e. The molecule has 0 aliphatic rings. The lowest BCUT2D eigenvalue weighted by Crippen LogP contribution is -2.31. The molecule has 0 aliphatic heterocycles. The summed E-state index contributed by atoms with van der Waals surface area (Å²) >= 11 is 0. The van der Waals surface area contributed by atoms with Crippen molar-refractivity contribution in [2.24, 2.45) is 0 Å². The van der Waals surface area contributed by atoms with Crippen molar-refractivity contribution in [3.05, 3.63) is 71.7 Å².